The number of nitrogens with two attached hydrogens (primary N) is 1. The molecule has 1 saturated heterocycles. The van der Waals surface area contributed by atoms with Crippen LogP contribution in [0.5, 0.6) is 0 Å². The van der Waals surface area contributed by atoms with Gasteiger partial charge in [-0.3, -0.25) is 0 Å². The van der Waals surface area contributed by atoms with Gasteiger partial charge in [0.1, 0.15) is 0 Å². The van der Waals surface area contributed by atoms with Crippen LogP contribution < -0.4 is 5.73 Å². The van der Waals surface area contributed by atoms with E-state index >= 15 is 0 Å². The molecule has 1 aromatic heterocycles. The first kappa shape index (κ1) is 14.0. The Morgan fingerprint density at radius 2 is 1.90 bits per heavy atom. The monoisotopic (exact) mass is 279 g/mol. The van der Waals surface area contributed by atoms with Crippen LogP contribution in [0.2, 0.25) is 0 Å². The fraction of sp³-hybridized carbons (Fsp3) is 0.867. The van der Waals surface area contributed by atoms with Gasteiger partial charge in [-0.15, -0.1) is 0 Å². The van der Waals surface area contributed by atoms with Crippen molar-refractivity contribution >= 4 is 0 Å². The topological polar surface area (TPSA) is 74.2 Å². The normalized spacial score (nSPS) is 23.9. The summed E-state index contributed by atoms with van der Waals surface area (Å²) >= 11 is 0. The zero-order valence-corrected chi connectivity index (χ0v) is 12.1. The lowest BCUT2D eigenvalue weighted by atomic mass is 9.72. The van der Waals surface area contributed by atoms with Gasteiger partial charge in [0.25, 0.3) is 0 Å². The van der Waals surface area contributed by atoms with E-state index in [1.165, 1.54) is 32.1 Å². The summed E-state index contributed by atoms with van der Waals surface area (Å²) < 4.78 is 10.9. The molecule has 20 heavy (non-hydrogen) atoms. The summed E-state index contributed by atoms with van der Waals surface area (Å²) in [6.45, 7) is 2.34. The van der Waals surface area contributed by atoms with Gasteiger partial charge in [0.05, 0.1) is 0 Å². The van der Waals surface area contributed by atoms with Crippen molar-refractivity contribution in [3.8, 4) is 0 Å². The molecular weight excluding hydrogens is 254 g/mol. The Hall–Kier alpha value is -0.940. The number of aromatic nitrogens is 2. The van der Waals surface area contributed by atoms with E-state index in [0.717, 1.165) is 50.7 Å². The summed E-state index contributed by atoms with van der Waals surface area (Å²) in [5, 5.41) is 4.19. The molecule has 1 aliphatic carbocycles. The van der Waals surface area contributed by atoms with Crippen molar-refractivity contribution in [2.75, 3.05) is 19.8 Å². The van der Waals surface area contributed by atoms with Crippen molar-refractivity contribution in [3.63, 3.8) is 0 Å². The predicted octanol–water partition coefficient (Wildman–Crippen LogP) is 2.42. The highest BCUT2D eigenvalue weighted by Gasteiger charge is 2.33. The first-order valence-electron chi connectivity index (χ1n) is 7.92. The van der Waals surface area contributed by atoms with Gasteiger partial charge in [-0.05, 0) is 37.6 Å². The quantitative estimate of drug-likeness (QED) is 0.916. The second-order valence-corrected chi connectivity index (χ2v) is 6.37. The fourth-order valence-electron chi connectivity index (χ4n) is 3.54. The average molecular weight is 279 g/mol. The van der Waals surface area contributed by atoms with Crippen LogP contribution in [0.15, 0.2) is 4.52 Å². The lowest BCUT2D eigenvalue weighted by Gasteiger charge is -2.34. The van der Waals surface area contributed by atoms with E-state index in [2.05, 4.69) is 10.1 Å². The van der Waals surface area contributed by atoms with E-state index in [-0.39, 0.29) is 5.41 Å². The SMILES string of the molecule is NCC1(Cc2nc(C3CCOCC3)no2)CCCCC1. The second kappa shape index (κ2) is 6.22. The summed E-state index contributed by atoms with van der Waals surface area (Å²) in [6.07, 6.45) is 9.12. The van der Waals surface area contributed by atoms with Crippen molar-refractivity contribution in [1.82, 2.24) is 10.1 Å². The highest BCUT2D eigenvalue weighted by atomic mass is 16.5. The third-order valence-electron chi connectivity index (χ3n) is 4.94. The van der Waals surface area contributed by atoms with Gasteiger partial charge in [-0.1, -0.05) is 24.4 Å². The standard InChI is InChI=1S/C15H25N3O2/c16-11-15(6-2-1-3-7-15)10-13-17-14(18-20-13)12-4-8-19-9-5-12/h12H,1-11,16H2. The zero-order valence-electron chi connectivity index (χ0n) is 12.1. The Balaban J connectivity index is 1.66. The summed E-state index contributed by atoms with van der Waals surface area (Å²) in [5.74, 6) is 2.05. The van der Waals surface area contributed by atoms with E-state index in [1.807, 2.05) is 0 Å². The van der Waals surface area contributed by atoms with Gasteiger partial charge in [-0.2, -0.15) is 4.98 Å². The molecule has 0 bridgehead atoms. The van der Waals surface area contributed by atoms with Gasteiger partial charge in [-0.25, -0.2) is 0 Å². The molecule has 0 unspecified atom stereocenters. The molecule has 1 aromatic rings. The van der Waals surface area contributed by atoms with E-state index < -0.39 is 0 Å². The number of hydrogen-bond acceptors (Lipinski definition) is 5. The maximum absolute atomic E-state index is 6.03. The highest BCUT2D eigenvalue weighted by Crippen LogP contribution is 2.38. The van der Waals surface area contributed by atoms with Crippen molar-refractivity contribution < 1.29 is 9.26 Å². The number of nitrogens with zero attached hydrogens (tertiary/aromatic N) is 2. The smallest absolute Gasteiger partial charge is 0.227 e. The predicted molar refractivity (Wildman–Crippen MR) is 75.4 cm³/mol. The molecule has 5 heteroatoms. The van der Waals surface area contributed by atoms with Crippen LogP contribution in [-0.2, 0) is 11.2 Å². The molecule has 0 atom stereocenters. The maximum Gasteiger partial charge on any atom is 0.227 e. The Bertz CT molecular complexity index is 421. The summed E-state index contributed by atoms with van der Waals surface area (Å²) in [6, 6.07) is 0. The molecule has 112 valence electrons. The molecule has 3 rings (SSSR count). The van der Waals surface area contributed by atoms with Crippen LogP contribution in [0.25, 0.3) is 0 Å². The van der Waals surface area contributed by atoms with Gasteiger partial charge >= 0.3 is 0 Å². The molecule has 2 heterocycles. The van der Waals surface area contributed by atoms with Crippen LogP contribution >= 0.6 is 0 Å². The Morgan fingerprint density at radius 3 is 2.60 bits per heavy atom. The van der Waals surface area contributed by atoms with E-state index in [4.69, 9.17) is 15.0 Å². The Morgan fingerprint density at radius 1 is 1.15 bits per heavy atom. The Kier molecular flexibility index (Phi) is 4.36. The van der Waals surface area contributed by atoms with Crippen molar-refractivity contribution in [2.24, 2.45) is 11.1 Å². The first-order valence-corrected chi connectivity index (χ1v) is 7.92. The molecule has 2 N–H and O–H groups in total. The molecule has 5 nitrogen and oxygen atoms in total. The van der Waals surface area contributed by atoms with Gasteiger partial charge in [0.2, 0.25) is 5.89 Å². The fourth-order valence-corrected chi connectivity index (χ4v) is 3.54. The summed E-state index contributed by atoms with van der Waals surface area (Å²) in [4.78, 5) is 4.63. The minimum absolute atomic E-state index is 0.192. The zero-order chi connectivity index (χ0) is 13.8. The lowest BCUT2D eigenvalue weighted by Crippen LogP contribution is -2.35. The molecule has 0 aromatic carbocycles. The van der Waals surface area contributed by atoms with E-state index in [9.17, 15) is 0 Å². The van der Waals surface area contributed by atoms with Crippen LogP contribution in [0.1, 0.15) is 62.6 Å². The van der Waals surface area contributed by atoms with Crippen LogP contribution in [0, 0.1) is 5.41 Å². The first-order chi connectivity index (χ1) is 9.81. The minimum Gasteiger partial charge on any atom is -0.381 e. The molecule has 0 spiro atoms. The van der Waals surface area contributed by atoms with Crippen molar-refractivity contribution in [3.05, 3.63) is 11.7 Å². The molecule has 2 aliphatic rings. The molecule has 1 aliphatic heterocycles. The molecular formula is C15H25N3O2. The Labute approximate surface area is 120 Å². The molecule has 1 saturated carbocycles. The number of hydrogen-bond donors (Lipinski definition) is 1. The summed E-state index contributed by atoms with van der Waals surface area (Å²) in [7, 11) is 0. The third kappa shape index (κ3) is 3.04. The lowest BCUT2D eigenvalue weighted by molar-refractivity contribution is 0.0830. The minimum atomic E-state index is 0.192. The number of ether oxygens (including phenoxy) is 1. The molecule has 0 radical (unpaired) electrons. The molecule has 2 fully saturated rings. The number of rotatable bonds is 4. The largest absolute Gasteiger partial charge is 0.381 e. The van der Waals surface area contributed by atoms with Crippen LogP contribution in [0.4, 0.5) is 0 Å². The van der Waals surface area contributed by atoms with Gasteiger partial charge in [0, 0.05) is 25.6 Å². The van der Waals surface area contributed by atoms with E-state index in [0.29, 0.717) is 5.92 Å². The average Bonchev–Trinajstić information content (AvgIpc) is 2.97. The maximum atomic E-state index is 6.03. The van der Waals surface area contributed by atoms with E-state index in [1.54, 1.807) is 0 Å². The van der Waals surface area contributed by atoms with Crippen molar-refractivity contribution in [2.45, 2.75) is 57.3 Å². The van der Waals surface area contributed by atoms with Crippen LogP contribution in [-0.4, -0.2) is 29.9 Å². The van der Waals surface area contributed by atoms with Gasteiger partial charge < -0.3 is 15.0 Å². The molecule has 0 amide bonds. The third-order valence-corrected chi connectivity index (χ3v) is 4.94. The second-order valence-electron chi connectivity index (χ2n) is 6.37. The van der Waals surface area contributed by atoms with Crippen LogP contribution in [0.3, 0.4) is 0 Å². The van der Waals surface area contributed by atoms with Gasteiger partial charge in [0.15, 0.2) is 5.82 Å². The highest BCUT2D eigenvalue weighted by molar-refractivity contribution is 5.00. The summed E-state index contributed by atoms with van der Waals surface area (Å²) in [5.41, 5.74) is 6.22. The van der Waals surface area contributed by atoms with Crippen molar-refractivity contribution in [1.29, 1.82) is 0 Å².